The molecule has 1 N–H and O–H groups in total. The molecule has 1 atom stereocenters. The maximum absolute atomic E-state index is 12.1. The Morgan fingerprint density at radius 2 is 1.96 bits per heavy atom. The molecule has 1 aromatic heterocycles. The summed E-state index contributed by atoms with van der Waals surface area (Å²) >= 11 is 1.58. The molecule has 0 saturated carbocycles. The van der Waals surface area contributed by atoms with Gasteiger partial charge in [0.1, 0.15) is 0 Å². The normalized spacial score (nSPS) is 11.7. The number of carbonyl (C=O) groups is 2. The fourth-order valence-corrected chi connectivity index (χ4v) is 2.96. The summed E-state index contributed by atoms with van der Waals surface area (Å²) in [4.78, 5) is 24.7. The molecule has 0 saturated heterocycles. The van der Waals surface area contributed by atoms with Gasteiger partial charge in [-0.2, -0.15) is 0 Å². The first-order valence-electron chi connectivity index (χ1n) is 7.74. The number of esters is 1. The van der Waals surface area contributed by atoms with Crippen LogP contribution in [0.5, 0.6) is 0 Å². The molecule has 0 bridgehead atoms. The zero-order valence-electron chi connectivity index (χ0n) is 13.2. The van der Waals surface area contributed by atoms with E-state index in [9.17, 15) is 9.59 Å². The maximum Gasteiger partial charge on any atom is 0.306 e. The second-order valence-electron chi connectivity index (χ2n) is 5.19. The van der Waals surface area contributed by atoms with Crippen molar-refractivity contribution >= 4 is 23.2 Å². The summed E-state index contributed by atoms with van der Waals surface area (Å²) in [5, 5.41) is 4.92. The van der Waals surface area contributed by atoms with Gasteiger partial charge in [0.25, 0.3) is 5.91 Å². The van der Waals surface area contributed by atoms with E-state index in [1.165, 1.54) is 0 Å². The van der Waals surface area contributed by atoms with Gasteiger partial charge >= 0.3 is 5.97 Å². The Morgan fingerprint density at radius 1 is 1.17 bits per heavy atom. The summed E-state index contributed by atoms with van der Waals surface area (Å²) < 4.78 is 5.01. The summed E-state index contributed by atoms with van der Waals surface area (Å²) in [5.74, 6) is -0.619. The monoisotopic (exact) mass is 331 g/mol. The van der Waals surface area contributed by atoms with E-state index in [0.29, 0.717) is 6.42 Å². The quantitative estimate of drug-likeness (QED) is 0.751. The molecule has 23 heavy (non-hydrogen) atoms. The topological polar surface area (TPSA) is 55.4 Å². The first-order valence-corrected chi connectivity index (χ1v) is 8.62. The van der Waals surface area contributed by atoms with Gasteiger partial charge in [-0.05, 0) is 23.4 Å². The number of hydrogen-bond donors (Lipinski definition) is 1. The van der Waals surface area contributed by atoms with E-state index in [4.69, 9.17) is 4.74 Å². The van der Waals surface area contributed by atoms with Crippen LogP contribution in [-0.4, -0.2) is 18.5 Å². The van der Waals surface area contributed by atoms with Crippen LogP contribution in [0.2, 0.25) is 0 Å². The lowest BCUT2D eigenvalue weighted by Crippen LogP contribution is -2.32. The van der Waals surface area contributed by atoms with Crippen molar-refractivity contribution in [3.8, 4) is 0 Å². The van der Waals surface area contributed by atoms with Gasteiger partial charge in [0.2, 0.25) is 0 Å². The molecule has 0 unspecified atom stereocenters. The Labute approximate surface area is 140 Å². The first kappa shape index (κ1) is 17.2. The molecule has 2 rings (SSSR count). The number of ether oxygens (including phenoxy) is 1. The maximum atomic E-state index is 12.1. The lowest BCUT2D eigenvalue weighted by molar-refractivity contribution is -0.148. The summed E-state index contributed by atoms with van der Waals surface area (Å²) in [6.07, 6.45) is 2.06. The summed E-state index contributed by atoms with van der Waals surface area (Å²) in [6, 6.07) is 13.5. The highest BCUT2D eigenvalue weighted by Crippen LogP contribution is 2.25. The zero-order chi connectivity index (χ0) is 16.5. The molecule has 0 aliphatic carbocycles. The Morgan fingerprint density at radius 3 is 2.61 bits per heavy atom. The number of amides is 1. The van der Waals surface area contributed by atoms with Crippen LogP contribution >= 0.6 is 11.3 Å². The summed E-state index contributed by atoms with van der Waals surface area (Å²) in [5.41, 5.74) is 1.00. The molecule has 2 aromatic rings. The third-order valence-electron chi connectivity index (χ3n) is 3.36. The van der Waals surface area contributed by atoms with Crippen molar-refractivity contribution < 1.29 is 14.3 Å². The first-order chi connectivity index (χ1) is 11.2. The van der Waals surface area contributed by atoms with Gasteiger partial charge in [0.05, 0.1) is 6.04 Å². The van der Waals surface area contributed by atoms with E-state index in [2.05, 4.69) is 5.32 Å². The smallest absolute Gasteiger partial charge is 0.306 e. The third kappa shape index (κ3) is 5.53. The van der Waals surface area contributed by atoms with E-state index in [1.54, 1.807) is 11.3 Å². The van der Waals surface area contributed by atoms with Crippen LogP contribution in [0, 0.1) is 0 Å². The fraction of sp³-hybridized carbons (Fsp3) is 0.333. The highest BCUT2D eigenvalue weighted by molar-refractivity contribution is 7.10. The lowest BCUT2D eigenvalue weighted by atomic mass is 10.1. The molecule has 1 aromatic carbocycles. The highest BCUT2D eigenvalue weighted by Gasteiger charge is 2.18. The molecule has 0 radical (unpaired) electrons. The molecule has 122 valence electrons. The van der Waals surface area contributed by atoms with Gasteiger partial charge in [0.15, 0.2) is 6.61 Å². The standard InChI is InChI=1S/C18H21NO3S/c1-2-3-11-17(21)22-13-16(20)19-18(15-10-7-12-23-15)14-8-5-4-6-9-14/h4-10,12,18H,2-3,11,13H2,1H3,(H,19,20)/t18-/m0/s1. The number of hydrogen-bond acceptors (Lipinski definition) is 4. The minimum Gasteiger partial charge on any atom is -0.456 e. The van der Waals surface area contributed by atoms with Crippen molar-refractivity contribution in [1.29, 1.82) is 0 Å². The van der Waals surface area contributed by atoms with Crippen LogP contribution in [-0.2, 0) is 14.3 Å². The van der Waals surface area contributed by atoms with Crippen molar-refractivity contribution in [1.82, 2.24) is 5.32 Å². The highest BCUT2D eigenvalue weighted by atomic mass is 32.1. The van der Waals surface area contributed by atoms with Crippen molar-refractivity contribution in [2.24, 2.45) is 0 Å². The van der Waals surface area contributed by atoms with Crippen LogP contribution in [0.1, 0.15) is 42.7 Å². The minimum absolute atomic E-state index is 0.224. The molecule has 5 heteroatoms. The van der Waals surface area contributed by atoms with E-state index in [1.807, 2.05) is 54.8 Å². The molecular formula is C18H21NO3S. The molecule has 0 aliphatic rings. The van der Waals surface area contributed by atoms with Crippen LogP contribution < -0.4 is 5.32 Å². The molecule has 0 spiro atoms. The molecule has 0 fully saturated rings. The molecule has 1 heterocycles. The number of rotatable bonds is 8. The van der Waals surface area contributed by atoms with Crippen molar-refractivity contribution in [2.75, 3.05) is 6.61 Å². The second kappa shape index (κ2) is 9.10. The van der Waals surface area contributed by atoms with Crippen LogP contribution in [0.25, 0.3) is 0 Å². The Hall–Kier alpha value is -2.14. The van der Waals surface area contributed by atoms with Gasteiger partial charge in [-0.25, -0.2) is 0 Å². The molecule has 0 aliphatic heterocycles. The average molecular weight is 331 g/mol. The predicted octanol–water partition coefficient (Wildman–Crippen LogP) is 3.69. The van der Waals surface area contributed by atoms with E-state index >= 15 is 0 Å². The number of carbonyl (C=O) groups excluding carboxylic acids is 2. The van der Waals surface area contributed by atoms with Crippen LogP contribution in [0.3, 0.4) is 0 Å². The number of thiophene rings is 1. The Kier molecular flexibility index (Phi) is 6.81. The fourth-order valence-electron chi connectivity index (χ4n) is 2.16. The summed E-state index contributed by atoms with van der Waals surface area (Å²) in [7, 11) is 0. The average Bonchev–Trinajstić information content (AvgIpc) is 3.11. The zero-order valence-corrected chi connectivity index (χ0v) is 14.0. The van der Waals surface area contributed by atoms with Crippen LogP contribution in [0.15, 0.2) is 47.8 Å². The van der Waals surface area contributed by atoms with Crippen molar-refractivity contribution in [2.45, 2.75) is 32.2 Å². The van der Waals surface area contributed by atoms with Gasteiger partial charge < -0.3 is 10.1 Å². The largest absolute Gasteiger partial charge is 0.456 e. The summed E-state index contributed by atoms with van der Waals surface area (Å²) in [6.45, 7) is 1.77. The number of unbranched alkanes of at least 4 members (excludes halogenated alkanes) is 1. The van der Waals surface area contributed by atoms with Crippen molar-refractivity contribution in [3.05, 3.63) is 58.3 Å². The number of benzene rings is 1. The minimum atomic E-state index is -0.325. The SMILES string of the molecule is CCCCC(=O)OCC(=O)N[C@@H](c1ccccc1)c1cccs1. The number of nitrogens with one attached hydrogen (secondary N) is 1. The molecular weight excluding hydrogens is 310 g/mol. The van der Waals surface area contributed by atoms with Gasteiger partial charge in [-0.15, -0.1) is 11.3 Å². The van der Waals surface area contributed by atoms with Gasteiger partial charge in [-0.1, -0.05) is 49.7 Å². The van der Waals surface area contributed by atoms with Gasteiger partial charge in [-0.3, -0.25) is 9.59 Å². The van der Waals surface area contributed by atoms with Crippen LogP contribution in [0.4, 0.5) is 0 Å². The van der Waals surface area contributed by atoms with E-state index in [0.717, 1.165) is 23.3 Å². The Bertz CT molecular complexity index is 610. The lowest BCUT2D eigenvalue weighted by Gasteiger charge is -2.18. The van der Waals surface area contributed by atoms with E-state index < -0.39 is 0 Å². The Balaban J connectivity index is 1.96. The predicted molar refractivity (Wildman–Crippen MR) is 91.2 cm³/mol. The van der Waals surface area contributed by atoms with Gasteiger partial charge in [0, 0.05) is 11.3 Å². The molecule has 1 amide bonds. The third-order valence-corrected chi connectivity index (χ3v) is 4.30. The molecule has 4 nitrogen and oxygen atoms in total. The van der Waals surface area contributed by atoms with E-state index in [-0.39, 0.29) is 24.5 Å². The second-order valence-corrected chi connectivity index (χ2v) is 6.17. The van der Waals surface area contributed by atoms with Crippen molar-refractivity contribution in [3.63, 3.8) is 0 Å².